The summed E-state index contributed by atoms with van der Waals surface area (Å²) in [4.78, 5) is 9.48. The van der Waals surface area contributed by atoms with Crippen LogP contribution in [0, 0.1) is 0 Å². The lowest BCUT2D eigenvalue weighted by molar-refractivity contribution is 0.360. The minimum Gasteiger partial charge on any atom is -0.355 e. The molecule has 0 saturated carbocycles. The van der Waals surface area contributed by atoms with Gasteiger partial charge in [0.25, 0.3) is 0 Å². The first-order valence-electron chi connectivity index (χ1n) is 7.37. The van der Waals surface area contributed by atoms with Gasteiger partial charge >= 0.3 is 0 Å². The molecule has 2 rings (SSSR count). The fourth-order valence-electron chi connectivity index (χ4n) is 2.46. The lowest BCUT2D eigenvalue weighted by Crippen LogP contribution is -2.31. The van der Waals surface area contributed by atoms with Crippen LogP contribution < -0.4 is 10.2 Å². The molecule has 1 aliphatic heterocycles. The summed E-state index contributed by atoms with van der Waals surface area (Å²) in [6.07, 6.45) is 3.11. The molecule has 0 aromatic carbocycles. The molecule has 1 saturated heterocycles. The SMILES string of the molecule is CC(C)NCc1cc(Br)cnc1N1CCCN(C)CC1. The number of halogens is 1. The lowest BCUT2D eigenvalue weighted by atomic mass is 10.2. The van der Waals surface area contributed by atoms with Crippen molar-refractivity contribution in [2.45, 2.75) is 32.9 Å². The van der Waals surface area contributed by atoms with Gasteiger partial charge in [-0.2, -0.15) is 0 Å². The second kappa shape index (κ2) is 7.38. The van der Waals surface area contributed by atoms with E-state index in [4.69, 9.17) is 0 Å². The van der Waals surface area contributed by atoms with Crippen LogP contribution in [0.3, 0.4) is 0 Å². The molecule has 20 heavy (non-hydrogen) atoms. The average Bonchev–Trinajstić information content (AvgIpc) is 2.61. The van der Waals surface area contributed by atoms with Gasteiger partial charge in [-0.25, -0.2) is 4.98 Å². The van der Waals surface area contributed by atoms with Crippen LogP contribution in [-0.4, -0.2) is 49.2 Å². The van der Waals surface area contributed by atoms with Gasteiger partial charge in [-0.15, -0.1) is 0 Å². The average molecular weight is 341 g/mol. The van der Waals surface area contributed by atoms with E-state index in [1.807, 2.05) is 6.20 Å². The molecule has 112 valence electrons. The highest BCUT2D eigenvalue weighted by atomic mass is 79.9. The molecule has 1 fully saturated rings. The summed E-state index contributed by atoms with van der Waals surface area (Å²) < 4.78 is 1.05. The predicted octanol–water partition coefficient (Wildman–Crippen LogP) is 2.48. The summed E-state index contributed by atoms with van der Waals surface area (Å²) in [5.41, 5.74) is 1.28. The molecule has 0 spiro atoms. The maximum Gasteiger partial charge on any atom is 0.133 e. The summed E-state index contributed by atoms with van der Waals surface area (Å²) in [5.74, 6) is 1.14. The van der Waals surface area contributed by atoms with E-state index < -0.39 is 0 Å². The van der Waals surface area contributed by atoms with Gasteiger partial charge in [-0.1, -0.05) is 13.8 Å². The van der Waals surface area contributed by atoms with Gasteiger partial charge in [0, 0.05) is 48.5 Å². The maximum atomic E-state index is 4.67. The topological polar surface area (TPSA) is 31.4 Å². The highest BCUT2D eigenvalue weighted by Crippen LogP contribution is 2.23. The Labute approximate surface area is 130 Å². The van der Waals surface area contributed by atoms with Crippen molar-refractivity contribution >= 4 is 21.7 Å². The van der Waals surface area contributed by atoms with E-state index in [-0.39, 0.29) is 0 Å². The summed E-state index contributed by atoms with van der Waals surface area (Å²) in [5, 5.41) is 3.49. The molecule has 1 aromatic rings. The fourth-order valence-corrected chi connectivity index (χ4v) is 2.84. The van der Waals surface area contributed by atoms with Crippen LogP contribution in [-0.2, 0) is 6.54 Å². The van der Waals surface area contributed by atoms with Crippen molar-refractivity contribution in [1.82, 2.24) is 15.2 Å². The Morgan fingerprint density at radius 2 is 2.10 bits per heavy atom. The fraction of sp³-hybridized carbons (Fsp3) is 0.667. The standard InChI is InChI=1S/C15H25BrN4/c1-12(2)17-10-13-9-14(16)11-18-15(13)20-6-4-5-19(3)7-8-20/h9,11-12,17H,4-8,10H2,1-3H3. The van der Waals surface area contributed by atoms with Crippen LogP contribution in [0.5, 0.6) is 0 Å². The van der Waals surface area contributed by atoms with Crippen LogP contribution in [0.2, 0.25) is 0 Å². The second-order valence-electron chi connectivity index (χ2n) is 5.82. The maximum absolute atomic E-state index is 4.67. The van der Waals surface area contributed by atoms with Crippen molar-refractivity contribution in [3.05, 3.63) is 22.3 Å². The number of likely N-dealkylation sites (N-methyl/N-ethyl adjacent to an activating group) is 1. The molecule has 0 amide bonds. The molecular weight excluding hydrogens is 316 g/mol. The van der Waals surface area contributed by atoms with Crippen LogP contribution in [0.1, 0.15) is 25.8 Å². The number of anilines is 1. The van der Waals surface area contributed by atoms with Crippen molar-refractivity contribution in [3.8, 4) is 0 Å². The van der Waals surface area contributed by atoms with Crippen LogP contribution in [0.4, 0.5) is 5.82 Å². The minimum atomic E-state index is 0.483. The first kappa shape index (κ1) is 15.7. The van der Waals surface area contributed by atoms with Gasteiger partial charge in [-0.3, -0.25) is 0 Å². The van der Waals surface area contributed by atoms with E-state index in [9.17, 15) is 0 Å². The van der Waals surface area contributed by atoms with Gasteiger partial charge in [0.15, 0.2) is 0 Å². The van der Waals surface area contributed by atoms with Gasteiger partial charge in [-0.05, 0) is 42.0 Å². The summed E-state index contributed by atoms with van der Waals surface area (Å²) in [6, 6.07) is 2.67. The molecule has 0 bridgehead atoms. The zero-order valence-electron chi connectivity index (χ0n) is 12.7. The van der Waals surface area contributed by atoms with Gasteiger partial charge < -0.3 is 15.1 Å². The van der Waals surface area contributed by atoms with E-state index in [0.29, 0.717) is 6.04 Å². The van der Waals surface area contributed by atoms with Crippen LogP contribution in [0.25, 0.3) is 0 Å². The van der Waals surface area contributed by atoms with Crippen molar-refractivity contribution in [2.75, 3.05) is 38.1 Å². The zero-order chi connectivity index (χ0) is 14.5. The Morgan fingerprint density at radius 3 is 2.85 bits per heavy atom. The monoisotopic (exact) mass is 340 g/mol. The predicted molar refractivity (Wildman–Crippen MR) is 88.2 cm³/mol. The first-order valence-corrected chi connectivity index (χ1v) is 8.17. The third-order valence-electron chi connectivity index (χ3n) is 3.63. The number of rotatable bonds is 4. The van der Waals surface area contributed by atoms with E-state index in [1.54, 1.807) is 0 Å². The zero-order valence-corrected chi connectivity index (χ0v) is 14.3. The van der Waals surface area contributed by atoms with Gasteiger partial charge in [0.1, 0.15) is 5.82 Å². The minimum absolute atomic E-state index is 0.483. The molecule has 1 aliphatic rings. The van der Waals surface area contributed by atoms with Crippen molar-refractivity contribution in [2.24, 2.45) is 0 Å². The van der Waals surface area contributed by atoms with E-state index in [2.05, 4.69) is 63.0 Å². The molecule has 0 radical (unpaired) electrons. The Hall–Kier alpha value is -0.650. The molecule has 2 heterocycles. The normalized spacial score (nSPS) is 17.6. The highest BCUT2D eigenvalue weighted by Gasteiger charge is 2.17. The number of nitrogens with one attached hydrogen (secondary N) is 1. The molecule has 5 heteroatoms. The Bertz CT molecular complexity index is 436. The molecular formula is C15H25BrN4. The Balaban J connectivity index is 2.16. The number of nitrogens with zero attached hydrogens (tertiary/aromatic N) is 3. The van der Waals surface area contributed by atoms with E-state index in [1.165, 1.54) is 18.5 Å². The summed E-state index contributed by atoms with van der Waals surface area (Å²) >= 11 is 3.54. The van der Waals surface area contributed by atoms with Gasteiger partial charge in [0.05, 0.1) is 0 Å². The Kier molecular flexibility index (Phi) is 5.81. The molecule has 0 aliphatic carbocycles. The number of pyridine rings is 1. The van der Waals surface area contributed by atoms with Gasteiger partial charge in [0.2, 0.25) is 0 Å². The molecule has 4 nitrogen and oxygen atoms in total. The lowest BCUT2D eigenvalue weighted by Gasteiger charge is -2.25. The summed E-state index contributed by atoms with van der Waals surface area (Å²) in [7, 11) is 2.19. The highest BCUT2D eigenvalue weighted by molar-refractivity contribution is 9.10. The number of hydrogen-bond acceptors (Lipinski definition) is 4. The summed E-state index contributed by atoms with van der Waals surface area (Å²) in [6.45, 7) is 9.64. The van der Waals surface area contributed by atoms with Crippen molar-refractivity contribution in [3.63, 3.8) is 0 Å². The third kappa shape index (κ3) is 4.43. The van der Waals surface area contributed by atoms with Crippen LogP contribution >= 0.6 is 15.9 Å². The largest absolute Gasteiger partial charge is 0.355 e. The van der Waals surface area contributed by atoms with E-state index >= 15 is 0 Å². The van der Waals surface area contributed by atoms with Crippen LogP contribution in [0.15, 0.2) is 16.7 Å². The molecule has 0 atom stereocenters. The molecule has 1 aromatic heterocycles. The Morgan fingerprint density at radius 1 is 1.30 bits per heavy atom. The molecule has 0 unspecified atom stereocenters. The van der Waals surface area contributed by atoms with Crippen molar-refractivity contribution in [1.29, 1.82) is 0 Å². The number of hydrogen-bond donors (Lipinski definition) is 1. The number of aromatic nitrogens is 1. The molecule has 1 N–H and O–H groups in total. The first-order chi connectivity index (χ1) is 9.56. The quantitative estimate of drug-likeness (QED) is 0.912. The second-order valence-corrected chi connectivity index (χ2v) is 6.73. The van der Waals surface area contributed by atoms with E-state index in [0.717, 1.165) is 36.5 Å². The van der Waals surface area contributed by atoms with Crippen molar-refractivity contribution < 1.29 is 0 Å². The third-order valence-corrected chi connectivity index (χ3v) is 4.06. The smallest absolute Gasteiger partial charge is 0.133 e.